The molecular weight excluding hydrogens is 404 g/mol. The van der Waals surface area contributed by atoms with E-state index in [2.05, 4.69) is 6.92 Å². The van der Waals surface area contributed by atoms with Gasteiger partial charge in [-0.25, -0.2) is 0 Å². The molecule has 0 aromatic carbocycles. The summed E-state index contributed by atoms with van der Waals surface area (Å²) in [7, 11) is 0. The maximum atomic E-state index is 10.0. The maximum Gasteiger partial charge on any atom is 0.293 e. The van der Waals surface area contributed by atoms with Crippen molar-refractivity contribution in [2.45, 2.75) is 187 Å². The van der Waals surface area contributed by atoms with Gasteiger partial charge in [0.15, 0.2) is 0 Å². The van der Waals surface area contributed by atoms with Gasteiger partial charge in [0.2, 0.25) is 0 Å². The van der Waals surface area contributed by atoms with Gasteiger partial charge in [-0.2, -0.15) is 0 Å². The van der Waals surface area contributed by atoms with Gasteiger partial charge in [-0.3, -0.25) is 4.79 Å². The van der Waals surface area contributed by atoms with E-state index in [4.69, 9.17) is 4.74 Å². The van der Waals surface area contributed by atoms with Crippen LogP contribution in [0.5, 0.6) is 0 Å². The van der Waals surface area contributed by atoms with E-state index < -0.39 is 0 Å². The maximum absolute atomic E-state index is 10.0. The van der Waals surface area contributed by atoms with Gasteiger partial charge >= 0.3 is 0 Å². The Morgan fingerprint density at radius 3 is 0.788 bits per heavy atom. The molecular formula is C31H62O2. The third kappa shape index (κ3) is 31.5. The fourth-order valence-electron chi connectivity index (χ4n) is 4.90. The smallest absolute Gasteiger partial charge is 0.293 e. The predicted molar refractivity (Wildman–Crippen MR) is 147 cm³/mol. The van der Waals surface area contributed by atoms with Crippen LogP contribution in [0, 0.1) is 0 Å². The lowest BCUT2D eigenvalue weighted by atomic mass is 10.0. The summed E-state index contributed by atoms with van der Waals surface area (Å²) in [4.78, 5) is 10.0. The number of hydrogen-bond donors (Lipinski definition) is 0. The van der Waals surface area contributed by atoms with E-state index in [9.17, 15) is 4.79 Å². The van der Waals surface area contributed by atoms with E-state index in [1.54, 1.807) is 0 Å². The molecule has 0 saturated carbocycles. The molecule has 0 rings (SSSR count). The first kappa shape index (κ1) is 32.5. The van der Waals surface area contributed by atoms with Crippen molar-refractivity contribution >= 4 is 6.47 Å². The Kier molecular flexibility index (Phi) is 31.0. The fourth-order valence-corrected chi connectivity index (χ4v) is 4.90. The predicted octanol–water partition coefficient (Wildman–Crippen LogP) is 11.1. The molecule has 0 saturated heterocycles. The van der Waals surface area contributed by atoms with Gasteiger partial charge in [0.25, 0.3) is 6.47 Å². The lowest BCUT2D eigenvalue weighted by Gasteiger charge is -2.04. The summed E-state index contributed by atoms with van der Waals surface area (Å²) in [5, 5.41) is 0. The minimum Gasteiger partial charge on any atom is -0.468 e. The highest BCUT2D eigenvalue weighted by Crippen LogP contribution is 2.16. The molecule has 198 valence electrons. The van der Waals surface area contributed by atoms with Crippen LogP contribution >= 0.6 is 0 Å². The lowest BCUT2D eigenvalue weighted by Crippen LogP contribution is -1.91. The zero-order valence-corrected chi connectivity index (χ0v) is 22.9. The quantitative estimate of drug-likeness (QED) is 0.0777. The Bertz CT molecular complexity index is 342. The standard InChI is InChI=1S/C31H62O2/c1-2-3-4-5-6-7-8-9-10-11-12-13-14-15-16-17-18-19-20-21-22-23-24-25-26-27-28-29-30-33-31-32/h31H,2-30H2,1H3. The van der Waals surface area contributed by atoms with Crippen LogP contribution in [-0.2, 0) is 9.53 Å². The molecule has 2 nitrogen and oxygen atoms in total. The van der Waals surface area contributed by atoms with Crippen LogP contribution in [0.25, 0.3) is 0 Å². The second kappa shape index (κ2) is 31.5. The summed E-state index contributed by atoms with van der Waals surface area (Å²) in [5.41, 5.74) is 0. The number of carbonyl (C=O) groups is 1. The molecule has 0 spiro atoms. The van der Waals surface area contributed by atoms with Crippen molar-refractivity contribution in [3.63, 3.8) is 0 Å². The molecule has 0 bridgehead atoms. The first-order valence-electron chi connectivity index (χ1n) is 15.5. The summed E-state index contributed by atoms with van der Waals surface area (Å²) < 4.78 is 4.71. The van der Waals surface area contributed by atoms with E-state index in [0.717, 1.165) is 6.42 Å². The molecule has 0 aromatic rings. The highest BCUT2D eigenvalue weighted by molar-refractivity contribution is 5.36. The SMILES string of the molecule is CCCCCCCCCCCCCCCCCCCCCCCCCCCCCCOC=O. The summed E-state index contributed by atoms with van der Waals surface area (Å²) in [5.74, 6) is 0. The van der Waals surface area contributed by atoms with E-state index >= 15 is 0 Å². The highest BCUT2D eigenvalue weighted by atomic mass is 16.5. The number of hydrogen-bond acceptors (Lipinski definition) is 2. The number of carbonyl (C=O) groups excluding carboxylic acids is 1. The van der Waals surface area contributed by atoms with Crippen LogP contribution in [0.2, 0.25) is 0 Å². The number of ether oxygens (including phenoxy) is 1. The van der Waals surface area contributed by atoms with Gasteiger partial charge in [-0.05, 0) is 6.42 Å². The highest BCUT2D eigenvalue weighted by Gasteiger charge is 1.96. The zero-order valence-electron chi connectivity index (χ0n) is 22.9. The van der Waals surface area contributed by atoms with Gasteiger partial charge in [-0.1, -0.05) is 180 Å². The number of rotatable bonds is 30. The van der Waals surface area contributed by atoms with E-state index in [0.29, 0.717) is 13.1 Å². The molecule has 0 atom stereocenters. The number of unbranched alkanes of at least 4 members (excludes halogenated alkanes) is 27. The van der Waals surface area contributed by atoms with Gasteiger partial charge in [0.05, 0.1) is 6.61 Å². The van der Waals surface area contributed by atoms with Crippen molar-refractivity contribution in [2.75, 3.05) is 6.61 Å². The van der Waals surface area contributed by atoms with Crippen LogP contribution < -0.4 is 0 Å². The Balaban J connectivity index is 2.99. The molecule has 0 unspecified atom stereocenters. The molecule has 0 N–H and O–H groups in total. The molecule has 0 heterocycles. The Labute approximate surface area is 209 Å². The molecule has 33 heavy (non-hydrogen) atoms. The second-order valence-electron chi connectivity index (χ2n) is 10.5. The van der Waals surface area contributed by atoms with E-state index in [1.807, 2.05) is 0 Å². The van der Waals surface area contributed by atoms with E-state index in [1.165, 1.54) is 173 Å². The minimum atomic E-state index is 0.557. The first-order chi connectivity index (χ1) is 16.4. The molecule has 0 amide bonds. The largest absolute Gasteiger partial charge is 0.468 e. The van der Waals surface area contributed by atoms with Crippen molar-refractivity contribution in [3.05, 3.63) is 0 Å². The average Bonchev–Trinajstić information content (AvgIpc) is 2.83. The average molecular weight is 467 g/mol. The van der Waals surface area contributed by atoms with Crippen LogP contribution in [0.3, 0.4) is 0 Å². The molecule has 0 fully saturated rings. The van der Waals surface area contributed by atoms with Crippen LogP contribution in [0.15, 0.2) is 0 Å². The third-order valence-corrected chi connectivity index (χ3v) is 7.18. The van der Waals surface area contributed by atoms with Crippen molar-refractivity contribution in [3.8, 4) is 0 Å². The first-order valence-corrected chi connectivity index (χ1v) is 15.5. The van der Waals surface area contributed by atoms with Crippen molar-refractivity contribution in [2.24, 2.45) is 0 Å². The van der Waals surface area contributed by atoms with Gasteiger partial charge in [-0.15, -0.1) is 0 Å². The summed E-state index contributed by atoms with van der Waals surface area (Å²) >= 11 is 0. The van der Waals surface area contributed by atoms with Gasteiger partial charge < -0.3 is 4.74 Å². The normalized spacial score (nSPS) is 11.2. The van der Waals surface area contributed by atoms with Gasteiger partial charge in [0.1, 0.15) is 0 Å². The Morgan fingerprint density at radius 1 is 0.364 bits per heavy atom. The lowest BCUT2D eigenvalue weighted by molar-refractivity contribution is -0.128. The summed E-state index contributed by atoms with van der Waals surface area (Å²) in [6.07, 6.45) is 39.8. The van der Waals surface area contributed by atoms with Crippen LogP contribution in [0.4, 0.5) is 0 Å². The minimum absolute atomic E-state index is 0.557. The summed E-state index contributed by atoms with van der Waals surface area (Å²) in [6.45, 7) is 3.46. The molecule has 0 aliphatic rings. The topological polar surface area (TPSA) is 26.3 Å². The van der Waals surface area contributed by atoms with Crippen molar-refractivity contribution in [1.82, 2.24) is 0 Å². The van der Waals surface area contributed by atoms with E-state index in [-0.39, 0.29) is 0 Å². The second-order valence-corrected chi connectivity index (χ2v) is 10.5. The van der Waals surface area contributed by atoms with Crippen LogP contribution in [-0.4, -0.2) is 13.1 Å². The third-order valence-electron chi connectivity index (χ3n) is 7.18. The zero-order chi connectivity index (χ0) is 23.9. The monoisotopic (exact) mass is 466 g/mol. The molecule has 2 heteroatoms. The van der Waals surface area contributed by atoms with Crippen molar-refractivity contribution in [1.29, 1.82) is 0 Å². The molecule has 0 radical (unpaired) electrons. The van der Waals surface area contributed by atoms with Gasteiger partial charge in [0, 0.05) is 0 Å². The molecule has 0 aliphatic carbocycles. The Morgan fingerprint density at radius 2 is 0.576 bits per heavy atom. The summed E-state index contributed by atoms with van der Waals surface area (Å²) in [6, 6.07) is 0. The molecule has 0 aliphatic heterocycles. The Hall–Kier alpha value is -0.530. The van der Waals surface area contributed by atoms with Crippen molar-refractivity contribution < 1.29 is 9.53 Å². The fraction of sp³-hybridized carbons (Fsp3) is 0.968. The van der Waals surface area contributed by atoms with Crippen LogP contribution in [0.1, 0.15) is 187 Å². The molecule has 0 aromatic heterocycles.